The van der Waals surface area contributed by atoms with E-state index in [0.717, 1.165) is 33.3 Å². The Morgan fingerprint density at radius 3 is 2.27 bits per heavy atom. The molecule has 0 aliphatic heterocycles. The van der Waals surface area contributed by atoms with E-state index in [0.29, 0.717) is 55.2 Å². The monoisotopic (exact) mass is 757 g/mol. The summed E-state index contributed by atoms with van der Waals surface area (Å²) in [7, 11) is 3.17. The Balaban J connectivity index is 1.12. The van der Waals surface area contributed by atoms with Crippen LogP contribution in [0.15, 0.2) is 97.5 Å². The predicted molar refractivity (Wildman–Crippen MR) is 217 cm³/mol. The van der Waals surface area contributed by atoms with E-state index in [-0.39, 0.29) is 23.6 Å². The van der Waals surface area contributed by atoms with Crippen LogP contribution in [0.4, 0.5) is 27.9 Å². The quantitative estimate of drug-likeness (QED) is 0.0957. The largest absolute Gasteiger partial charge is 0.488 e. The number of pyridine rings is 1. The Morgan fingerprint density at radius 1 is 0.804 bits per heavy atom. The molecule has 14 heteroatoms. The van der Waals surface area contributed by atoms with E-state index in [1.807, 2.05) is 85.8 Å². The molecule has 6 aromatic rings. The molecule has 3 N–H and O–H groups in total. The molecule has 6 rings (SSSR count). The SMILES string of the molecule is COCCN(CCOC)C(=O)c1cnc(Nc2cc(COc3ccc(NC(=O)Nc4cc(C(C)(C)C)nn4-c4cccc(C)c4)c4ccccc34)ccn2)cn1. The third-order valence-electron chi connectivity index (χ3n) is 8.86. The highest BCUT2D eigenvalue weighted by molar-refractivity contribution is 6.07. The van der Waals surface area contributed by atoms with E-state index >= 15 is 0 Å². The topological polar surface area (TPSA) is 158 Å². The summed E-state index contributed by atoms with van der Waals surface area (Å²) in [5.41, 5.74) is 4.29. The molecule has 14 nitrogen and oxygen atoms in total. The van der Waals surface area contributed by atoms with E-state index in [1.54, 1.807) is 30.0 Å². The van der Waals surface area contributed by atoms with Crippen molar-refractivity contribution >= 4 is 45.9 Å². The van der Waals surface area contributed by atoms with E-state index in [2.05, 4.69) is 51.7 Å². The lowest BCUT2D eigenvalue weighted by atomic mass is 9.92. The number of carbonyl (C=O) groups is 2. The number of anilines is 4. The molecular weight excluding hydrogens is 711 g/mol. The second-order valence-electron chi connectivity index (χ2n) is 14.2. The normalized spacial score (nSPS) is 11.3. The van der Waals surface area contributed by atoms with E-state index in [9.17, 15) is 9.59 Å². The van der Waals surface area contributed by atoms with Crippen LogP contribution in [0.2, 0.25) is 0 Å². The van der Waals surface area contributed by atoms with Crippen molar-refractivity contribution in [2.45, 2.75) is 39.7 Å². The fraction of sp³-hybridized carbons (Fsp3) is 0.286. The van der Waals surface area contributed by atoms with Crippen LogP contribution in [0.5, 0.6) is 5.75 Å². The molecular formula is C42H47N9O5. The van der Waals surface area contributed by atoms with Gasteiger partial charge >= 0.3 is 6.03 Å². The van der Waals surface area contributed by atoms with Gasteiger partial charge in [-0.05, 0) is 54.4 Å². The fourth-order valence-electron chi connectivity index (χ4n) is 5.88. The van der Waals surface area contributed by atoms with Crippen molar-refractivity contribution in [1.82, 2.24) is 29.6 Å². The minimum atomic E-state index is -0.396. The zero-order valence-electron chi connectivity index (χ0n) is 32.5. The number of nitrogens with one attached hydrogen (secondary N) is 3. The highest BCUT2D eigenvalue weighted by Crippen LogP contribution is 2.33. The number of aromatic nitrogens is 5. The number of carbonyl (C=O) groups excluding carboxylic acids is 2. The number of hydrogen-bond acceptors (Lipinski definition) is 10. The number of hydrogen-bond donors (Lipinski definition) is 3. The minimum Gasteiger partial charge on any atom is -0.488 e. The van der Waals surface area contributed by atoms with Crippen LogP contribution in [0.25, 0.3) is 16.5 Å². The van der Waals surface area contributed by atoms with Gasteiger partial charge in [-0.3, -0.25) is 10.1 Å². The molecule has 0 bridgehead atoms. The van der Waals surface area contributed by atoms with Gasteiger partial charge in [0.25, 0.3) is 5.91 Å². The molecule has 3 aromatic heterocycles. The van der Waals surface area contributed by atoms with Gasteiger partial charge in [-0.1, -0.05) is 57.2 Å². The van der Waals surface area contributed by atoms with Crippen molar-refractivity contribution in [3.05, 3.63) is 120 Å². The zero-order chi connectivity index (χ0) is 39.7. The Labute approximate surface area is 326 Å². The molecule has 56 heavy (non-hydrogen) atoms. The molecule has 0 unspecified atom stereocenters. The molecule has 3 aromatic carbocycles. The summed E-state index contributed by atoms with van der Waals surface area (Å²) in [4.78, 5) is 41.3. The standard InChI is InChI=1S/C42H47N9O5/c1-28-10-9-11-30(22-28)51-39(24-36(49-51)42(2,3)4)48-41(53)46-33-14-15-35(32-13-8-7-12-31(32)33)56-27-29-16-17-43-37(23-29)47-38-26-44-34(25-45-38)40(52)50(18-20-54-5)19-21-55-6/h7-17,22-26H,18-21,27H2,1-6H3,(H,43,45,47)(H2,46,48,53). The van der Waals surface area contributed by atoms with E-state index in [1.165, 1.54) is 12.4 Å². The summed E-state index contributed by atoms with van der Waals surface area (Å²) >= 11 is 0. The Hall–Kier alpha value is -6.38. The lowest BCUT2D eigenvalue weighted by Gasteiger charge is -2.21. The molecule has 0 spiro atoms. The summed E-state index contributed by atoms with van der Waals surface area (Å²) in [5.74, 6) is 1.93. The van der Waals surface area contributed by atoms with Crippen molar-refractivity contribution in [2.75, 3.05) is 56.5 Å². The average molecular weight is 758 g/mol. The first-order valence-electron chi connectivity index (χ1n) is 18.2. The number of benzene rings is 3. The number of nitrogens with zero attached hydrogens (tertiary/aromatic N) is 6. The second-order valence-corrected chi connectivity index (χ2v) is 14.2. The van der Waals surface area contributed by atoms with Crippen molar-refractivity contribution in [2.24, 2.45) is 0 Å². The molecule has 0 fully saturated rings. The molecule has 0 saturated carbocycles. The smallest absolute Gasteiger partial charge is 0.324 e. The first kappa shape index (κ1) is 39.3. The van der Waals surface area contributed by atoms with Gasteiger partial charge in [0.15, 0.2) is 0 Å². The number of aryl methyl sites for hydroxylation is 1. The highest BCUT2D eigenvalue weighted by atomic mass is 16.5. The summed E-state index contributed by atoms with van der Waals surface area (Å²) in [6.07, 6.45) is 4.60. The van der Waals surface area contributed by atoms with Crippen molar-refractivity contribution < 1.29 is 23.8 Å². The van der Waals surface area contributed by atoms with Gasteiger partial charge in [0, 0.05) is 55.8 Å². The zero-order valence-corrected chi connectivity index (χ0v) is 32.5. The number of fused-ring (bicyclic) bond motifs is 1. The van der Waals surface area contributed by atoms with Crippen LogP contribution in [-0.4, -0.2) is 82.1 Å². The Kier molecular flexibility index (Phi) is 12.5. The third-order valence-corrected chi connectivity index (χ3v) is 8.86. The van der Waals surface area contributed by atoms with Crippen LogP contribution < -0.4 is 20.7 Å². The number of methoxy groups -OCH3 is 2. The van der Waals surface area contributed by atoms with Gasteiger partial charge in [-0.2, -0.15) is 5.10 Å². The van der Waals surface area contributed by atoms with Crippen LogP contribution in [0.1, 0.15) is 48.1 Å². The summed E-state index contributed by atoms with van der Waals surface area (Å²) in [6.45, 7) is 10.2. The van der Waals surface area contributed by atoms with E-state index in [4.69, 9.17) is 19.3 Å². The van der Waals surface area contributed by atoms with Gasteiger partial charge in [-0.25, -0.2) is 24.4 Å². The van der Waals surface area contributed by atoms with Crippen LogP contribution in [0.3, 0.4) is 0 Å². The van der Waals surface area contributed by atoms with Crippen molar-refractivity contribution in [1.29, 1.82) is 0 Å². The summed E-state index contributed by atoms with van der Waals surface area (Å²) in [5, 5.41) is 15.7. The third kappa shape index (κ3) is 9.83. The molecule has 0 atom stereocenters. The maximum absolute atomic E-state index is 13.5. The average Bonchev–Trinajstić information content (AvgIpc) is 3.62. The number of ether oxygens (including phenoxy) is 3. The first-order chi connectivity index (χ1) is 27.0. The molecule has 0 aliphatic rings. The first-order valence-corrected chi connectivity index (χ1v) is 18.2. The number of amides is 3. The molecule has 3 amide bonds. The van der Waals surface area contributed by atoms with E-state index < -0.39 is 6.03 Å². The van der Waals surface area contributed by atoms with Gasteiger partial charge in [-0.15, -0.1) is 0 Å². The molecule has 290 valence electrons. The lowest BCUT2D eigenvalue weighted by Crippen LogP contribution is -2.37. The van der Waals surface area contributed by atoms with Crippen molar-refractivity contribution in [3.63, 3.8) is 0 Å². The lowest BCUT2D eigenvalue weighted by molar-refractivity contribution is 0.0621. The van der Waals surface area contributed by atoms with Crippen LogP contribution in [-0.2, 0) is 21.5 Å². The summed E-state index contributed by atoms with van der Waals surface area (Å²) in [6, 6.07) is 24.6. The minimum absolute atomic E-state index is 0.215. The fourth-order valence-corrected chi connectivity index (χ4v) is 5.88. The predicted octanol–water partition coefficient (Wildman–Crippen LogP) is 7.52. The number of urea groups is 1. The highest BCUT2D eigenvalue weighted by Gasteiger charge is 2.22. The van der Waals surface area contributed by atoms with Gasteiger partial charge in [0.05, 0.1) is 42.7 Å². The maximum atomic E-state index is 13.5. The van der Waals surface area contributed by atoms with Crippen molar-refractivity contribution in [3.8, 4) is 11.4 Å². The number of rotatable bonds is 15. The Morgan fingerprint density at radius 2 is 1.57 bits per heavy atom. The molecule has 0 aliphatic carbocycles. The molecule has 3 heterocycles. The second kappa shape index (κ2) is 17.8. The Bertz CT molecular complexity index is 2280. The molecule has 0 radical (unpaired) electrons. The van der Waals surface area contributed by atoms with Gasteiger partial charge in [0.1, 0.15) is 35.5 Å². The van der Waals surface area contributed by atoms with Crippen LogP contribution >= 0.6 is 0 Å². The van der Waals surface area contributed by atoms with Gasteiger partial charge in [0.2, 0.25) is 0 Å². The maximum Gasteiger partial charge on any atom is 0.324 e. The molecule has 0 saturated heterocycles. The van der Waals surface area contributed by atoms with Crippen LogP contribution in [0, 0.1) is 6.92 Å². The summed E-state index contributed by atoms with van der Waals surface area (Å²) < 4.78 is 18.4. The van der Waals surface area contributed by atoms with Gasteiger partial charge < -0.3 is 29.7 Å².